The van der Waals surface area contributed by atoms with Crippen LogP contribution in [0.2, 0.25) is 0 Å². The van der Waals surface area contributed by atoms with Gasteiger partial charge in [0, 0.05) is 5.56 Å². The number of nitrogens with zero attached hydrogens (tertiary/aromatic N) is 2. The topological polar surface area (TPSA) is 50.8 Å². The van der Waals surface area contributed by atoms with Crippen LogP contribution >= 0.6 is 0 Å². The smallest absolute Gasteiger partial charge is 0.120 e. The van der Waals surface area contributed by atoms with Gasteiger partial charge in [0.15, 0.2) is 0 Å². The molecular formula is C16H15N3O. The predicted molar refractivity (Wildman–Crippen MR) is 77.3 cm³/mol. The Kier molecular flexibility index (Phi) is 3.46. The maximum Gasteiger partial charge on any atom is 0.120 e. The van der Waals surface area contributed by atoms with Crippen LogP contribution in [0.1, 0.15) is 11.1 Å². The number of ether oxygens (including phenoxy) is 1. The Morgan fingerprint density at radius 1 is 1.10 bits per heavy atom. The van der Waals surface area contributed by atoms with E-state index in [-0.39, 0.29) is 0 Å². The fraction of sp³-hybridized carbons (Fsp3) is 0.125. The van der Waals surface area contributed by atoms with Gasteiger partial charge in [0.05, 0.1) is 6.20 Å². The van der Waals surface area contributed by atoms with Gasteiger partial charge in [0.25, 0.3) is 0 Å². The molecule has 0 bridgehead atoms. The minimum atomic E-state index is 0.558. The molecule has 0 saturated heterocycles. The van der Waals surface area contributed by atoms with Gasteiger partial charge in [-0.1, -0.05) is 42.0 Å². The summed E-state index contributed by atoms with van der Waals surface area (Å²) in [6.07, 6.45) is 1.69. The molecule has 3 aromatic rings. The average molecular weight is 265 g/mol. The van der Waals surface area contributed by atoms with Crippen LogP contribution in [0.4, 0.5) is 0 Å². The Labute approximate surface area is 117 Å². The van der Waals surface area contributed by atoms with E-state index in [1.165, 1.54) is 5.56 Å². The number of rotatable bonds is 4. The predicted octanol–water partition coefficient (Wildman–Crippen LogP) is 3.36. The lowest BCUT2D eigenvalue weighted by Crippen LogP contribution is -1.95. The summed E-state index contributed by atoms with van der Waals surface area (Å²) in [6, 6.07) is 16.2. The second-order valence-electron chi connectivity index (χ2n) is 4.66. The first-order valence-corrected chi connectivity index (χ1v) is 6.46. The van der Waals surface area contributed by atoms with Crippen LogP contribution in [0.15, 0.2) is 54.7 Å². The molecule has 1 N–H and O–H groups in total. The van der Waals surface area contributed by atoms with Gasteiger partial charge < -0.3 is 4.74 Å². The van der Waals surface area contributed by atoms with Crippen LogP contribution in [0, 0.1) is 6.92 Å². The minimum Gasteiger partial charge on any atom is -0.489 e. The second-order valence-corrected chi connectivity index (χ2v) is 4.66. The zero-order chi connectivity index (χ0) is 13.8. The monoisotopic (exact) mass is 265 g/mol. The summed E-state index contributed by atoms with van der Waals surface area (Å²) in [4.78, 5) is 0. The summed E-state index contributed by atoms with van der Waals surface area (Å²) in [6.45, 7) is 2.63. The van der Waals surface area contributed by atoms with E-state index in [1.54, 1.807) is 6.20 Å². The first kappa shape index (κ1) is 12.4. The standard InChI is InChI=1S/C16H15N3O/c1-12-5-7-13(8-6-12)11-20-15-4-2-3-14(9-15)16-10-17-19-18-16/h2-10H,11H2,1H3,(H,17,18,19). The van der Waals surface area contributed by atoms with Gasteiger partial charge in [-0.2, -0.15) is 15.4 Å². The van der Waals surface area contributed by atoms with E-state index >= 15 is 0 Å². The summed E-state index contributed by atoms with van der Waals surface area (Å²) in [5, 5.41) is 10.5. The first-order chi connectivity index (χ1) is 9.81. The molecule has 4 nitrogen and oxygen atoms in total. The van der Waals surface area contributed by atoms with E-state index < -0.39 is 0 Å². The molecule has 3 rings (SSSR count). The number of benzene rings is 2. The van der Waals surface area contributed by atoms with Crippen molar-refractivity contribution in [1.82, 2.24) is 15.4 Å². The summed E-state index contributed by atoms with van der Waals surface area (Å²) in [5.41, 5.74) is 4.20. The molecule has 0 aliphatic heterocycles. The Hall–Kier alpha value is -2.62. The van der Waals surface area contributed by atoms with Crippen molar-refractivity contribution in [3.8, 4) is 17.0 Å². The van der Waals surface area contributed by atoms with Crippen molar-refractivity contribution in [2.45, 2.75) is 13.5 Å². The van der Waals surface area contributed by atoms with Crippen molar-refractivity contribution >= 4 is 0 Å². The zero-order valence-electron chi connectivity index (χ0n) is 11.2. The van der Waals surface area contributed by atoms with E-state index in [0.717, 1.165) is 22.6 Å². The lowest BCUT2D eigenvalue weighted by Gasteiger charge is -2.07. The highest BCUT2D eigenvalue weighted by atomic mass is 16.5. The summed E-state index contributed by atoms with van der Waals surface area (Å²) in [7, 11) is 0. The van der Waals surface area contributed by atoms with Crippen LogP contribution in [0.3, 0.4) is 0 Å². The molecule has 0 fully saturated rings. The quantitative estimate of drug-likeness (QED) is 0.787. The maximum absolute atomic E-state index is 5.81. The molecule has 0 aliphatic carbocycles. The fourth-order valence-electron chi connectivity index (χ4n) is 1.94. The summed E-state index contributed by atoms with van der Waals surface area (Å²) < 4.78 is 5.81. The molecule has 0 atom stereocenters. The Morgan fingerprint density at radius 2 is 1.95 bits per heavy atom. The van der Waals surface area contributed by atoms with Crippen LogP contribution in [-0.4, -0.2) is 15.4 Å². The lowest BCUT2D eigenvalue weighted by atomic mass is 10.1. The molecule has 0 amide bonds. The molecule has 0 saturated carbocycles. The Morgan fingerprint density at radius 3 is 2.70 bits per heavy atom. The van der Waals surface area contributed by atoms with Crippen LogP contribution in [-0.2, 0) is 6.61 Å². The molecule has 2 aromatic carbocycles. The third-order valence-electron chi connectivity index (χ3n) is 3.07. The van der Waals surface area contributed by atoms with Gasteiger partial charge in [-0.15, -0.1) is 0 Å². The average Bonchev–Trinajstić information content (AvgIpc) is 3.01. The van der Waals surface area contributed by atoms with E-state index in [2.05, 4.69) is 46.6 Å². The molecule has 20 heavy (non-hydrogen) atoms. The van der Waals surface area contributed by atoms with Crippen molar-refractivity contribution in [2.24, 2.45) is 0 Å². The summed E-state index contributed by atoms with van der Waals surface area (Å²) in [5.74, 6) is 0.825. The number of aromatic amines is 1. The normalized spacial score (nSPS) is 10.4. The van der Waals surface area contributed by atoms with Crippen molar-refractivity contribution in [3.63, 3.8) is 0 Å². The highest BCUT2D eigenvalue weighted by molar-refractivity contribution is 5.59. The molecule has 0 spiro atoms. The van der Waals surface area contributed by atoms with E-state index in [0.29, 0.717) is 6.61 Å². The molecule has 100 valence electrons. The molecule has 1 heterocycles. The van der Waals surface area contributed by atoms with Gasteiger partial charge in [-0.3, -0.25) is 0 Å². The number of nitrogens with one attached hydrogen (secondary N) is 1. The second kappa shape index (κ2) is 5.57. The SMILES string of the molecule is Cc1ccc(COc2cccc(-c3cn[nH]n3)c2)cc1. The summed E-state index contributed by atoms with van der Waals surface area (Å²) >= 11 is 0. The van der Waals surface area contributed by atoms with Gasteiger partial charge in [-0.05, 0) is 24.6 Å². The van der Waals surface area contributed by atoms with Gasteiger partial charge in [0.1, 0.15) is 18.1 Å². The third-order valence-corrected chi connectivity index (χ3v) is 3.07. The van der Waals surface area contributed by atoms with Crippen molar-refractivity contribution in [2.75, 3.05) is 0 Å². The third kappa shape index (κ3) is 2.85. The van der Waals surface area contributed by atoms with Crippen LogP contribution in [0.25, 0.3) is 11.3 Å². The molecule has 0 aliphatic rings. The van der Waals surface area contributed by atoms with Gasteiger partial charge >= 0.3 is 0 Å². The van der Waals surface area contributed by atoms with Crippen molar-refractivity contribution in [1.29, 1.82) is 0 Å². The molecule has 4 heteroatoms. The minimum absolute atomic E-state index is 0.558. The zero-order valence-corrected chi connectivity index (χ0v) is 11.2. The van der Waals surface area contributed by atoms with E-state index in [1.807, 2.05) is 24.3 Å². The number of hydrogen-bond acceptors (Lipinski definition) is 3. The molecule has 1 aromatic heterocycles. The Bertz CT molecular complexity index is 675. The van der Waals surface area contributed by atoms with E-state index in [9.17, 15) is 0 Å². The van der Waals surface area contributed by atoms with Crippen LogP contribution in [0.5, 0.6) is 5.75 Å². The number of H-pyrrole nitrogens is 1. The first-order valence-electron chi connectivity index (χ1n) is 6.46. The number of aryl methyl sites for hydroxylation is 1. The molecule has 0 unspecified atom stereocenters. The highest BCUT2D eigenvalue weighted by Gasteiger charge is 2.02. The molecular weight excluding hydrogens is 250 g/mol. The van der Waals surface area contributed by atoms with Crippen molar-refractivity contribution in [3.05, 3.63) is 65.9 Å². The van der Waals surface area contributed by atoms with Gasteiger partial charge in [0.2, 0.25) is 0 Å². The van der Waals surface area contributed by atoms with Crippen LogP contribution < -0.4 is 4.74 Å². The van der Waals surface area contributed by atoms with Gasteiger partial charge in [-0.25, -0.2) is 0 Å². The number of hydrogen-bond donors (Lipinski definition) is 1. The van der Waals surface area contributed by atoms with Crippen molar-refractivity contribution < 1.29 is 4.74 Å². The fourth-order valence-corrected chi connectivity index (χ4v) is 1.94. The maximum atomic E-state index is 5.81. The van der Waals surface area contributed by atoms with E-state index in [4.69, 9.17) is 4.74 Å². The Balaban J connectivity index is 1.72. The molecule has 0 radical (unpaired) electrons. The highest BCUT2D eigenvalue weighted by Crippen LogP contribution is 2.22. The number of aromatic nitrogens is 3. The lowest BCUT2D eigenvalue weighted by molar-refractivity contribution is 0.306. The largest absolute Gasteiger partial charge is 0.489 e.